The fourth-order valence-electron chi connectivity index (χ4n) is 1.85. The predicted molar refractivity (Wildman–Crippen MR) is 89.6 cm³/mol. The number of pyridine rings is 1. The first-order valence-corrected chi connectivity index (χ1v) is 7.23. The molecular formula is C16H11Cl2N3O. The van der Waals surface area contributed by atoms with Gasteiger partial charge in [-0.25, -0.2) is 4.98 Å². The lowest BCUT2D eigenvalue weighted by Gasteiger charge is -2.00. The quantitative estimate of drug-likeness (QED) is 0.534. The first-order valence-electron chi connectivity index (χ1n) is 6.48. The molecule has 0 amide bonds. The van der Waals surface area contributed by atoms with Gasteiger partial charge in [-0.1, -0.05) is 29.3 Å². The van der Waals surface area contributed by atoms with Crippen molar-refractivity contribution < 1.29 is 4.42 Å². The highest BCUT2D eigenvalue weighted by Gasteiger charge is 2.08. The summed E-state index contributed by atoms with van der Waals surface area (Å²) in [6.07, 6.45) is 3.26. The molecule has 0 aliphatic carbocycles. The van der Waals surface area contributed by atoms with Gasteiger partial charge in [-0.15, -0.1) is 0 Å². The maximum Gasteiger partial charge on any atom is 0.147 e. The molecule has 3 aromatic rings. The number of nitrogens with zero attached hydrogens (tertiary/aromatic N) is 2. The van der Waals surface area contributed by atoms with E-state index in [-0.39, 0.29) is 0 Å². The number of furan rings is 1. The molecule has 0 bridgehead atoms. The standard InChI is InChI=1S/C16H11Cl2N3O/c17-11-4-6-13(14(18)9-11)15-7-5-12(22-15)10-20-21-16-3-1-2-8-19-16/h1-10H,(H,19,21)/b20-10+. The summed E-state index contributed by atoms with van der Waals surface area (Å²) in [5.41, 5.74) is 3.60. The third-order valence-electron chi connectivity index (χ3n) is 2.86. The minimum absolute atomic E-state index is 0.539. The van der Waals surface area contributed by atoms with Crippen molar-refractivity contribution >= 4 is 35.2 Å². The van der Waals surface area contributed by atoms with Crippen molar-refractivity contribution in [1.82, 2.24) is 4.98 Å². The summed E-state index contributed by atoms with van der Waals surface area (Å²) in [5.74, 6) is 1.91. The molecular weight excluding hydrogens is 321 g/mol. The van der Waals surface area contributed by atoms with Crippen molar-refractivity contribution in [2.75, 3.05) is 5.43 Å². The molecule has 0 spiro atoms. The Morgan fingerprint density at radius 1 is 1.09 bits per heavy atom. The van der Waals surface area contributed by atoms with Gasteiger partial charge in [0, 0.05) is 16.8 Å². The minimum Gasteiger partial charge on any atom is -0.455 e. The predicted octanol–water partition coefficient (Wildman–Crippen LogP) is 5.09. The molecule has 2 aromatic heterocycles. The summed E-state index contributed by atoms with van der Waals surface area (Å²) in [6.45, 7) is 0. The van der Waals surface area contributed by atoms with E-state index in [4.69, 9.17) is 27.6 Å². The van der Waals surface area contributed by atoms with E-state index in [2.05, 4.69) is 15.5 Å². The van der Waals surface area contributed by atoms with E-state index in [0.29, 0.717) is 27.4 Å². The Kier molecular flexibility index (Phi) is 4.42. The van der Waals surface area contributed by atoms with E-state index in [1.54, 1.807) is 24.5 Å². The lowest BCUT2D eigenvalue weighted by Crippen LogP contribution is -1.91. The van der Waals surface area contributed by atoms with Gasteiger partial charge in [0.2, 0.25) is 0 Å². The molecule has 0 saturated heterocycles. The fraction of sp³-hybridized carbons (Fsp3) is 0. The summed E-state index contributed by atoms with van der Waals surface area (Å²) in [7, 11) is 0. The summed E-state index contributed by atoms with van der Waals surface area (Å²) >= 11 is 12.0. The van der Waals surface area contributed by atoms with Gasteiger partial charge in [0.15, 0.2) is 0 Å². The number of nitrogens with one attached hydrogen (secondary N) is 1. The van der Waals surface area contributed by atoms with Gasteiger partial charge < -0.3 is 4.42 Å². The van der Waals surface area contributed by atoms with Gasteiger partial charge in [-0.05, 0) is 42.5 Å². The molecule has 1 N–H and O–H groups in total. The molecule has 0 unspecified atom stereocenters. The largest absolute Gasteiger partial charge is 0.455 e. The number of hydrogen-bond donors (Lipinski definition) is 1. The summed E-state index contributed by atoms with van der Waals surface area (Å²) in [6, 6.07) is 14.4. The second-order valence-corrected chi connectivity index (χ2v) is 5.25. The molecule has 110 valence electrons. The van der Waals surface area contributed by atoms with Crippen molar-refractivity contribution in [2.45, 2.75) is 0 Å². The topological polar surface area (TPSA) is 50.4 Å². The molecule has 0 fully saturated rings. The van der Waals surface area contributed by atoms with Crippen LogP contribution in [0.15, 0.2) is 64.2 Å². The Labute approximate surface area is 137 Å². The van der Waals surface area contributed by atoms with Crippen LogP contribution in [-0.4, -0.2) is 11.2 Å². The second kappa shape index (κ2) is 6.64. The molecule has 0 aliphatic rings. The third kappa shape index (κ3) is 3.47. The van der Waals surface area contributed by atoms with E-state index in [1.165, 1.54) is 0 Å². The van der Waals surface area contributed by atoms with Gasteiger partial charge in [-0.2, -0.15) is 5.10 Å². The maximum absolute atomic E-state index is 6.16. The van der Waals surface area contributed by atoms with Crippen LogP contribution in [-0.2, 0) is 0 Å². The molecule has 6 heteroatoms. The highest BCUT2D eigenvalue weighted by atomic mass is 35.5. The lowest BCUT2D eigenvalue weighted by atomic mass is 10.2. The molecule has 0 radical (unpaired) electrons. The monoisotopic (exact) mass is 331 g/mol. The number of halogens is 2. The summed E-state index contributed by atoms with van der Waals surface area (Å²) < 4.78 is 5.69. The summed E-state index contributed by atoms with van der Waals surface area (Å²) in [5, 5.41) is 5.19. The number of aromatic nitrogens is 1. The van der Waals surface area contributed by atoms with Crippen molar-refractivity contribution in [3.05, 3.63) is 70.5 Å². The molecule has 22 heavy (non-hydrogen) atoms. The number of anilines is 1. The molecule has 3 rings (SSSR count). The number of benzene rings is 1. The van der Waals surface area contributed by atoms with Gasteiger partial charge in [-0.3, -0.25) is 5.43 Å². The van der Waals surface area contributed by atoms with Gasteiger partial charge in [0.1, 0.15) is 17.3 Å². The van der Waals surface area contributed by atoms with E-state index in [0.717, 1.165) is 5.56 Å². The molecule has 0 atom stereocenters. The van der Waals surface area contributed by atoms with Crippen LogP contribution in [0.1, 0.15) is 5.76 Å². The zero-order valence-electron chi connectivity index (χ0n) is 11.3. The summed E-state index contributed by atoms with van der Waals surface area (Å²) in [4.78, 5) is 4.10. The number of rotatable bonds is 4. The Bertz CT molecular complexity index is 800. The van der Waals surface area contributed by atoms with E-state index in [9.17, 15) is 0 Å². The second-order valence-electron chi connectivity index (χ2n) is 4.41. The van der Waals surface area contributed by atoms with Gasteiger partial charge in [0.05, 0.1) is 11.2 Å². The van der Waals surface area contributed by atoms with Crippen LogP contribution >= 0.6 is 23.2 Å². The smallest absolute Gasteiger partial charge is 0.147 e. The third-order valence-corrected chi connectivity index (χ3v) is 3.41. The zero-order valence-corrected chi connectivity index (χ0v) is 12.8. The van der Waals surface area contributed by atoms with E-state index < -0.39 is 0 Å². The van der Waals surface area contributed by atoms with Crippen molar-refractivity contribution in [1.29, 1.82) is 0 Å². The Hall–Kier alpha value is -2.30. The van der Waals surface area contributed by atoms with Crippen LogP contribution in [0.2, 0.25) is 10.0 Å². The van der Waals surface area contributed by atoms with Crippen molar-refractivity contribution in [3.8, 4) is 11.3 Å². The van der Waals surface area contributed by atoms with Crippen molar-refractivity contribution in [3.63, 3.8) is 0 Å². The average molecular weight is 332 g/mol. The van der Waals surface area contributed by atoms with Crippen molar-refractivity contribution in [2.24, 2.45) is 5.10 Å². The highest BCUT2D eigenvalue weighted by Crippen LogP contribution is 2.31. The SMILES string of the molecule is Clc1ccc(-c2ccc(/C=N/Nc3ccccn3)o2)c(Cl)c1. The fourth-order valence-corrected chi connectivity index (χ4v) is 2.35. The van der Waals surface area contributed by atoms with Crippen LogP contribution < -0.4 is 5.43 Å². The normalized spacial score (nSPS) is 11.0. The van der Waals surface area contributed by atoms with Crippen LogP contribution in [0.5, 0.6) is 0 Å². The maximum atomic E-state index is 6.16. The Balaban J connectivity index is 1.73. The first kappa shape index (κ1) is 14.6. The van der Waals surface area contributed by atoms with E-state index in [1.807, 2.05) is 36.4 Å². The molecule has 4 nitrogen and oxygen atoms in total. The molecule has 0 aliphatic heterocycles. The Morgan fingerprint density at radius 3 is 2.77 bits per heavy atom. The zero-order chi connectivity index (χ0) is 15.4. The average Bonchev–Trinajstić information content (AvgIpc) is 2.97. The van der Waals surface area contributed by atoms with E-state index >= 15 is 0 Å². The van der Waals surface area contributed by atoms with Gasteiger partial charge >= 0.3 is 0 Å². The lowest BCUT2D eigenvalue weighted by molar-refractivity contribution is 0.575. The molecule has 0 saturated carbocycles. The molecule has 1 aromatic carbocycles. The van der Waals surface area contributed by atoms with Crippen LogP contribution in [0.25, 0.3) is 11.3 Å². The van der Waals surface area contributed by atoms with Crippen LogP contribution in [0.4, 0.5) is 5.82 Å². The minimum atomic E-state index is 0.539. The highest BCUT2D eigenvalue weighted by molar-refractivity contribution is 6.36. The van der Waals surface area contributed by atoms with Crippen LogP contribution in [0, 0.1) is 0 Å². The van der Waals surface area contributed by atoms with Gasteiger partial charge in [0.25, 0.3) is 0 Å². The Morgan fingerprint density at radius 2 is 2.00 bits per heavy atom. The first-order chi connectivity index (χ1) is 10.7. The number of hydrogen-bond acceptors (Lipinski definition) is 4. The number of hydrazone groups is 1. The molecule has 2 heterocycles. The van der Waals surface area contributed by atoms with Crippen LogP contribution in [0.3, 0.4) is 0 Å².